The summed E-state index contributed by atoms with van der Waals surface area (Å²) in [6.45, 7) is 8.57. The molecule has 12 heteroatoms. The highest BCUT2D eigenvalue weighted by Gasteiger charge is 2.38. The number of carbonyl (C=O) groups excluding carboxylic acids is 5. The molecule has 2 aliphatic rings. The Kier molecular flexibility index (Phi) is 15.9. The van der Waals surface area contributed by atoms with Crippen molar-refractivity contribution in [3.05, 3.63) is 71.8 Å². The largest absolute Gasteiger partial charge is 0.458 e. The van der Waals surface area contributed by atoms with Crippen molar-refractivity contribution in [3.63, 3.8) is 0 Å². The van der Waals surface area contributed by atoms with Crippen LogP contribution in [0, 0.1) is 11.8 Å². The number of hydrogen-bond acceptors (Lipinski definition) is 11. The van der Waals surface area contributed by atoms with Gasteiger partial charge in [0.05, 0.1) is 0 Å². The Morgan fingerprint density at radius 3 is 1.55 bits per heavy atom. The summed E-state index contributed by atoms with van der Waals surface area (Å²) in [7, 11) is 3.24. The molecule has 2 saturated carbocycles. The molecule has 0 saturated heterocycles. The fourth-order valence-electron chi connectivity index (χ4n) is 4.86. The first-order chi connectivity index (χ1) is 24.2. The number of amides is 1. The number of carbonyl (C=O) groups is 5. The summed E-state index contributed by atoms with van der Waals surface area (Å²) in [5, 5.41) is 2.95. The van der Waals surface area contributed by atoms with Crippen LogP contribution in [0.5, 0.6) is 0 Å². The molecule has 2 aromatic carbocycles. The Labute approximate surface area is 301 Å². The molecule has 0 radical (unpaired) electrons. The van der Waals surface area contributed by atoms with E-state index < -0.39 is 53.8 Å². The summed E-state index contributed by atoms with van der Waals surface area (Å²) in [5.41, 5.74) is 1.07. The number of hydrogen-bond donors (Lipinski definition) is 1. The summed E-state index contributed by atoms with van der Waals surface area (Å²) >= 11 is 0. The summed E-state index contributed by atoms with van der Waals surface area (Å²) in [6.07, 6.45) is 3.05. The number of nitrogens with zero attached hydrogens (tertiary/aromatic N) is 1. The van der Waals surface area contributed by atoms with E-state index in [-0.39, 0.29) is 19.3 Å². The zero-order valence-electron chi connectivity index (χ0n) is 30.9. The normalized spacial score (nSPS) is 16.1. The zero-order valence-corrected chi connectivity index (χ0v) is 30.9. The molecule has 0 spiro atoms. The van der Waals surface area contributed by atoms with E-state index in [4.69, 9.17) is 23.7 Å². The Bertz CT molecular complexity index is 1420. The predicted molar refractivity (Wildman–Crippen MR) is 189 cm³/mol. The third kappa shape index (κ3) is 15.5. The third-order valence-electron chi connectivity index (χ3n) is 8.27. The van der Waals surface area contributed by atoms with Crippen LogP contribution in [-0.4, -0.2) is 78.9 Å². The SMILES string of the molecule is CN[C@@H](CC1CC1)C(=O)O[C@H](C)C(=O)OCc1ccccc1.C[C@@H](OC(=O)[C@H](CC1CC1)N(C)C(=O)OC(C)(C)C)C(=O)OCc1ccccc1. The van der Waals surface area contributed by atoms with Crippen molar-refractivity contribution in [1.82, 2.24) is 10.2 Å². The first-order valence-corrected chi connectivity index (χ1v) is 17.6. The zero-order chi connectivity index (χ0) is 37.6. The molecular formula is C39H54N2O10. The molecule has 51 heavy (non-hydrogen) atoms. The highest BCUT2D eigenvalue weighted by atomic mass is 16.6. The third-order valence-corrected chi connectivity index (χ3v) is 8.27. The standard InChI is InChI=1S/C22H31NO6.C17H23NO4/c1-15(19(24)27-14-17-9-7-6-8-10-17)28-20(25)18(13-16-11-12-16)23(5)21(26)29-22(2,3)4;1-12(16(19)21-11-14-6-4-3-5-7-14)22-17(20)15(18-2)10-13-8-9-13/h6-10,15-16,18H,11-14H2,1-5H3;3-7,12-13,15,18H,8-11H2,1-2H3/t15-,18+;12-,15+/m11/s1. The van der Waals surface area contributed by atoms with Crippen LogP contribution in [0.3, 0.4) is 0 Å². The van der Waals surface area contributed by atoms with Gasteiger partial charge in [-0.3, -0.25) is 9.69 Å². The van der Waals surface area contributed by atoms with E-state index in [1.807, 2.05) is 60.7 Å². The van der Waals surface area contributed by atoms with Crippen LogP contribution in [0.15, 0.2) is 60.7 Å². The minimum absolute atomic E-state index is 0.102. The van der Waals surface area contributed by atoms with E-state index in [1.165, 1.54) is 38.6 Å². The van der Waals surface area contributed by atoms with Crippen LogP contribution in [0.4, 0.5) is 4.79 Å². The highest BCUT2D eigenvalue weighted by Crippen LogP contribution is 2.35. The summed E-state index contributed by atoms with van der Waals surface area (Å²) in [6, 6.07) is 17.5. The minimum Gasteiger partial charge on any atom is -0.458 e. The molecule has 0 bridgehead atoms. The average Bonchev–Trinajstić information content (AvgIpc) is 4.04. The van der Waals surface area contributed by atoms with Gasteiger partial charge in [0.15, 0.2) is 12.2 Å². The predicted octanol–water partition coefficient (Wildman–Crippen LogP) is 5.75. The first-order valence-electron chi connectivity index (χ1n) is 17.6. The molecule has 0 aliphatic heterocycles. The topological polar surface area (TPSA) is 147 Å². The van der Waals surface area contributed by atoms with Crippen molar-refractivity contribution < 1.29 is 47.7 Å². The Morgan fingerprint density at radius 1 is 0.706 bits per heavy atom. The van der Waals surface area contributed by atoms with Gasteiger partial charge in [-0.15, -0.1) is 0 Å². The molecule has 0 heterocycles. The molecule has 4 atom stereocenters. The summed E-state index contributed by atoms with van der Waals surface area (Å²) < 4.78 is 26.3. The number of nitrogens with one attached hydrogen (secondary N) is 1. The molecule has 12 nitrogen and oxygen atoms in total. The summed E-state index contributed by atoms with van der Waals surface area (Å²) in [5.74, 6) is -1.21. The van der Waals surface area contributed by atoms with Crippen molar-refractivity contribution in [1.29, 1.82) is 0 Å². The smallest absolute Gasteiger partial charge is 0.410 e. The van der Waals surface area contributed by atoms with E-state index in [9.17, 15) is 24.0 Å². The fourth-order valence-corrected chi connectivity index (χ4v) is 4.86. The van der Waals surface area contributed by atoms with Gasteiger partial charge in [0.2, 0.25) is 0 Å². The maximum absolute atomic E-state index is 12.7. The van der Waals surface area contributed by atoms with Crippen LogP contribution in [-0.2, 0) is 56.1 Å². The molecule has 2 aliphatic carbocycles. The Morgan fingerprint density at radius 2 is 1.14 bits per heavy atom. The second kappa shape index (κ2) is 19.8. The lowest BCUT2D eigenvalue weighted by Gasteiger charge is -2.30. The van der Waals surface area contributed by atoms with E-state index in [0.717, 1.165) is 30.4 Å². The monoisotopic (exact) mass is 710 g/mol. The van der Waals surface area contributed by atoms with Crippen LogP contribution >= 0.6 is 0 Å². The maximum atomic E-state index is 12.7. The second-order valence-electron chi connectivity index (χ2n) is 14.2. The lowest BCUT2D eigenvalue weighted by atomic mass is 10.1. The van der Waals surface area contributed by atoms with Gasteiger partial charge in [0, 0.05) is 7.05 Å². The van der Waals surface area contributed by atoms with Crippen molar-refractivity contribution >= 4 is 30.0 Å². The Balaban J connectivity index is 0.000000286. The number of ether oxygens (including phenoxy) is 5. The van der Waals surface area contributed by atoms with Gasteiger partial charge in [-0.1, -0.05) is 86.3 Å². The van der Waals surface area contributed by atoms with Crippen molar-refractivity contribution in [2.24, 2.45) is 11.8 Å². The van der Waals surface area contributed by atoms with Crippen LogP contribution < -0.4 is 5.32 Å². The average molecular weight is 711 g/mol. The molecule has 1 N–H and O–H groups in total. The molecule has 4 rings (SSSR count). The molecule has 2 aromatic rings. The molecule has 2 fully saturated rings. The van der Waals surface area contributed by atoms with E-state index >= 15 is 0 Å². The maximum Gasteiger partial charge on any atom is 0.410 e. The van der Waals surface area contributed by atoms with E-state index in [2.05, 4.69) is 5.32 Å². The van der Waals surface area contributed by atoms with Crippen molar-refractivity contribution in [3.8, 4) is 0 Å². The van der Waals surface area contributed by atoms with Crippen LogP contribution in [0.25, 0.3) is 0 Å². The van der Waals surface area contributed by atoms with Gasteiger partial charge in [0.1, 0.15) is 30.9 Å². The van der Waals surface area contributed by atoms with Gasteiger partial charge < -0.3 is 29.0 Å². The lowest BCUT2D eigenvalue weighted by Crippen LogP contribution is -2.47. The summed E-state index contributed by atoms with van der Waals surface area (Å²) in [4.78, 5) is 62.5. The molecule has 0 aromatic heterocycles. The van der Waals surface area contributed by atoms with Gasteiger partial charge in [-0.05, 0) is 77.5 Å². The van der Waals surface area contributed by atoms with E-state index in [0.29, 0.717) is 18.3 Å². The number of benzene rings is 2. The Hall–Kier alpha value is -4.45. The van der Waals surface area contributed by atoms with Gasteiger partial charge >= 0.3 is 30.0 Å². The molecule has 0 unspecified atom stereocenters. The molecule has 280 valence electrons. The highest BCUT2D eigenvalue weighted by molar-refractivity contribution is 5.84. The second-order valence-corrected chi connectivity index (χ2v) is 14.2. The number of rotatable bonds is 16. The van der Waals surface area contributed by atoms with Gasteiger partial charge in [0.25, 0.3) is 0 Å². The van der Waals surface area contributed by atoms with Gasteiger partial charge in [-0.2, -0.15) is 0 Å². The molecular weight excluding hydrogens is 656 g/mol. The van der Waals surface area contributed by atoms with E-state index in [1.54, 1.807) is 27.8 Å². The molecule has 1 amide bonds. The first kappa shape index (κ1) is 41.0. The minimum atomic E-state index is -1.07. The number of esters is 4. The van der Waals surface area contributed by atoms with Crippen LogP contribution in [0.2, 0.25) is 0 Å². The fraction of sp³-hybridized carbons (Fsp3) is 0.564. The van der Waals surface area contributed by atoms with Gasteiger partial charge in [-0.25, -0.2) is 19.2 Å². The quantitative estimate of drug-likeness (QED) is 0.168. The van der Waals surface area contributed by atoms with Crippen LogP contribution in [0.1, 0.15) is 84.3 Å². The number of likely N-dealkylation sites (N-methyl/N-ethyl adjacent to an activating group) is 2. The van der Waals surface area contributed by atoms with Crippen molar-refractivity contribution in [2.45, 2.75) is 116 Å². The lowest BCUT2D eigenvalue weighted by molar-refractivity contribution is -0.170. The van der Waals surface area contributed by atoms with Crippen molar-refractivity contribution in [2.75, 3.05) is 14.1 Å².